The van der Waals surface area contributed by atoms with Gasteiger partial charge in [-0.25, -0.2) is 4.79 Å². The minimum absolute atomic E-state index is 0.576. The highest BCUT2D eigenvalue weighted by atomic mass is 16.4. The summed E-state index contributed by atoms with van der Waals surface area (Å²) < 4.78 is 0. The molecule has 4 heteroatoms. The van der Waals surface area contributed by atoms with Crippen molar-refractivity contribution in [2.24, 2.45) is 0 Å². The first kappa shape index (κ1) is 13.9. The molecule has 0 spiro atoms. The first-order valence-corrected chi connectivity index (χ1v) is 6.46. The van der Waals surface area contributed by atoms with Crippen LogP contribution in [-0.4, -0.2) is 24.2 Å². The summed E-state index contributed by atoms with van der Waals surface area (Å²) in [6.07, 6.45) is 5.77. The minimum atomic E-state index is -0.996. The molecule has 1 aromatic carbocycles. The van der Waals surface area contributed by atoms with Crippen molar-refractivity contribution < 1.29 is 9.90 Å². The molecule has 0 fully saturated rings. The fourth-order valence-electron chi connectivity index (χ4n) is 2.31. The highest BCUT2D eigenvalue weighted by Crippen LogP contribution is 2.25. The second-order valence-electron chi connectivity index (χ2n) is 4.82. The van der Waals surface area contributed by atoms with Crippen molar-refractivity contribution in [3.63, 3.8) is 0 Å². The third-order valence-corrected chi connectivity index (χ3v) is 3.23. The lowest BCUT2D eigenvalue weighted by atomic mass is 10.0. The van der Waals surface area contributed by atoms with Gasteiger partial charge in [-0.3, -0.25) is 0 Å². The number of hydrogen-bond acceptors (Lipinski definition) is 3. The van der Waals surface area contributed by atoms with Crippen LogP contribution in [0.15, 0.2) is 35.9 Å². The highest BCUT2D eigenvalue weighted by Gasteiger charge is 2.14. The fourth-order valence-corrected chi connectivity index (χ4v) is 2.31. The number of hydrogen-bond donors (Lipinski definition) is 1. The van der Waals surface area contributed by atoms with E-state index in [-0.39, 0.29) is 0 Å². The van der Waals surface area contributed by atoms with Crippen molar-refractivity contribution in [1.82, 2.24) is 0 Å². The van der Waals surface area contributed by atoms with Gasteiger partial charge in [0.1, 0.15) is 6.07 Å². The molecule has 0 unspecified atom stereocenters. The van der Waals surface area contributed by atoms with Crippen LogP contribution in [-0.2, 0) is 4.79 Å². The third-order valence-electron chi connectivity index (χ3n) is 3.23. The Morgan fingerprint density at radius 1 is 1.50 bits per heavy atom. The van der Waals surface area contributed by atoms with E-state index in [1.54, 1.807) is 6.07 Å². The maximum absolute atomic E-state index is 10.5. The zero-order valence-electron chi connectivity index (χ0n) is 11.3. The van der Waals surface area contributed by atoms with Crippen molar-refractivity contribution in [3.8, 4) is 6.07 Å². The molecule has 0 aromatic heterocycles. The summed E-state index contributed by atoms with van der Waals surface area (Å²) in [6, 6.07) is 7.64. The maximum atomic E-state index is 10.5. The van der Waals surface area contributed by atoms with E-state index < -0.39 is 5.97 Å². The van der Waals surface area contributed by atoms with E-state index in [2.05, 4.69) is 24.0 Å². The van der Waals surface area contributed by atoms with Gasteiger partial charge < -0.3 is 10.0 Å². The number of anilines is 1. The van der Waals surface area contributed by atoms with E-state index in [4.69, 9.17) is 5.11 Å². The normalized spacial score (nSPS) is 15.0. The predicted molar refractivity (Wildman–Crippen MR) is 78.4 cm³/mol. The summed E-state index contributed by atoms with van der Waals surface area (Å²) in [7, 11) is 0. The molecular formula is C16H16N2O2. The van der Waals surface area contributed by atoms with E-state index in [1.165, 1.54) is 11.6 Å². The molecule has 1 aromatic rings. The molecule has 0 amide bonds. The lowest BCUT2D eigenvalue weighted by Crippen LogP contribution is -2.29. The summed E-state index contributed by atoms with van der Waals surface area (Å²) in [5, 5.41) is 17.9. The zero-order chi connectivity index (χ0) is 14.5. The van der Waals surface area contributed by atoms with Gasteiger partial charge >= 0.3 is 5.97 Å². The second kappa shape index (κ2) is 6.07. The van der Waals surface area contributed by atoms with Crippen LogP contribution in [0.1, 0.15) is 24.5 Å². The molecule has 20 heavy (non-hydrogen) atoms. The summed E-state index contributed by atoms with van der Waals surface area (Å²) in [6.45, 7) is 3.82. The molecule has 0 saturated heterocycles. The van der Waals surface area contributed by atoms with E-state index in [0.717, 1.165) is 36.8 Å². The van der Waals surface area contributed by atoms with Crippen LogP contribution in [0.5, 0.6) is 0 Å². The minimum Gasteiger partial charge on any atom is -0.478 e. The number of carboxylic acids is 1. The molecule has 0 radical (unpaired) electrons. The van der Waals surface area contributed by atoms with Crippen molar-refractivity contribution in [2.75, 3.05) is 18.0 Å². The number of benzene rings is 1. The molecule has 1 N–H and O–H groups in total. The molecule has 1 aliphatic rings. The van der Waals surface area contributed by atoms with Crippen LogP contribution in [0.3, 0.4) is 0 Å². The van der Waals surface area contributed by atoms with Crippen molar-refractivity contribution in [2.45, 2.75) is 13.3 Å². The Labute approximate surface area is 118 Å². The Morgan fingerprint density at radius 2 is 2.30 bits per heavy atom. The number of nitriles is 1. The second-order valence-corrected chi connectivity index (χ2v) is 4.82. The monoisotopic (exact) mass is 268 g/mol. The largest absolute Gasteiger partial charge is 0.478 e. The number of rotatable bonds is 3. The molecule has 0 aliphatic carbocycles. The molecule has 102 valence electrons. The molecule has 0 bridgehead atoms. The van der Waals surface area contributed by atoms with Gasteiger partial charge in [-0.1, -0.05) is 17.7 Å². The average Bonchev–Trinajstić information content (AvgIpc) is 2.44. The van der Waals surface area contributed by atoms with Crippen molar-refractivity contribution in [3.05, 3.63) is 47.1 Å². The number of carbonyl (C=O) groups is 1. The predicted octanol–water partition coefficient (Wildman–Crippen LogP) is 2.81. The van der Waals surface area contributed by atoms with E-state index >= 15 is 0 Å². The molecular weight excluding hydrogens is 252 g/mol. The van der Waals surface area contributed by atoms with E-state index in [0.29, 0.717) is 5.56 Å². The van der Waals surface area contributed by atoms with Gasteiger partial charge in [-0.2, -0.15) is 5.26 Å². The van der Waals surface area contributed by atoms with Gasteiger partial charge in [0, 0.05) is 19.2 Å². The lowest BCUT2D eigenvalue weighted by molar-refractivity contribution is -0.131. The van der Waals surface area contributed by atoms with Crippen LogP contribution >= 0.6 is 0 Å². The van der Waals surface area contributed by atoms with Crippen LogP contribution < -0.4 is 4.90 Å². The Kier molecular flexibility index (Phi) is 4.21. The standard InChI is InChI=1S/C16H16N2O2/c1-12-3-2-8-18(11-12)15-6-4-13(5-7-16(19)20)9-14(15)10-17/h3-7,9H,2,8,11H2,1H3,(H,19,20)/b7-5+. The van der Waals surface area contributed by atoms with Crippen molar-refractivity contribution in [1.29, 1.82) is 5.26 Å². The van der Waals surface area contributed by atoms with Gasteiger partial charge in [0.05, 0.1) is 11.3 Å². The first-order valence-electron chi connectivity index (χ1n) is 6.46. The Hall–Kier alpha value is -2.54. The van der Waals surface area contributed by atoms with Gasteiger partial charge in [-0.05, 0) is 37.1 Å². The zero-order valence-corrected chi connectivity index (χ0v) is 11.3. The van der Waals surface area contributed by atoms with Crippen LogP contribution in [0, 0.1) is 11.3 Å². The molecule has 2 rings (SSSR count). The van der Waals surface area contributed by atoms with Gasteiger partial charge in [-0.15, -0.1) is 0 Å². The quantitative estimate of drug-likeness (QED) is 0.676. The van der Waals surface area contributed by atoms with Crippen molar-refractivity contribution >= 4 is 17.7 Å². The highest BCUT2D eigenvalue weighted by molar-refractivity contribution is 5.85. The molecule has 0 saturated carbocycles. The SMILES string of the molecule is CC1=CCCN(c2ccc(/C=C/C(=O)O)cc2C#N)C1. The summed E-state index contributed by atoms with van der Waals surface area (Å²) in [5.74, 6) is -0.996. The maximum Gasteiger partial charge on any atom is 0.328 e. The molecule has 1 aliphatic heterocycles. The molecule has 1 heterocycles. The van der Waals surface area contributed by atoms with Gasteiger partial charge in [0.25, 0.3) is 0 Å². The number of nitrogens with zero attached hydrogens (tertiary/aromatic N) is 2. The number of carboxylic acid groups (broad SMARTS) is 1. The summed E-state index contributed by atoms with van der Waals surface area (Å²) in [5.41, 5.74) is 3.51. The van der Waals surface area contributed by atoms with Gasteiger partial charge in [0.15, 0.2) is 0 Å². The van der Waals surface area contributed by atoms with Crippen LogP contribution in [0.4, 0.5) is 5.69 Å². The van der Waals surface area contributed by atoms with Crippen LogP contribution in [0.2, 0.25) is 0 Å². The van der Waals surface area contributed by atoms with Crippen LogP contribution in [0.25, 0.3) is 6.08 Å². The number of aliphatic carboxylic acids is 1. The molecule has 0 atom stereocenters. The third kappa shape index (κ3) is 3.27. The van der Waals surface area contributed by atoms with E-state index in [9.17, 15) is 10.1 Å². The summed E-state index contributed by atoms with van der Waals surface area (Å²) in [4.78, 5) is 12.7. The lowest BCUT2D eigenvalue weighted by Gasteiger charge is -2.29. The summed E-state index contributed by atoms with van der Waals surface area (Å²) >= 11 is 0. The molecule has 4 nitrogen and oxygen atoms in total. The Morgan fingerprint density at radius 3 is 2.95 bits per heavy atom. The smallest absolute Gasteiger partial charge is 0.328 e. The van der Waals surface area contributed by atoms with Gasteiger partial charge in [0.2, 0.25) is 0 Å². The Bertz CT molecular complexity index is 624. The Balaban J connectivity index is 2.29. The average molecular weight is 268 g/mol. The van der Waals surface area contributed by atoms with E-state index in [1.807, 2.05) is 12.1 Å². The fraction of sp³-hybridized carbons (Fsp3) is 0.250. The first-order chi connectivity index (χ1) is 9.60. The topological polar surface area (TPSA) is 64.3 Å².